The molecule has 1 saturated carbocycles. The van der Waals surface area contributed by atoms with Gasteiger partial charge in [0.15, 0.2) is 5.84 Å². The molecule has 98 valence electrons. The Morgan fingerprint density at radius 3 is 2.83 bits per heavy atom. The molecule has 0 atom stereocenters. The third kappa shape index (κ3) is 2.72. The first-order chi connectivity index (χ1) is 8.72. The zero-order valence-corrected chi connectivity index (χ0v) is 10.1. The van der Waals surface area contributed by atoms with Gasteiger partial charge in [0.25, 0.3) is 0 Å². The van der Waals surface area contributed by atoms with Crippen molar-refractivity contribution in [3.8, 4) is 5.75 Å². The number of ether oxygens (including phenoxy) is 1. The molecule has 1 aromatic rings. The van der Waals surface area contributed by atoms with Gasteiger partial charge in [0, 0.05) is 0 Å². The van der Waals surface area contributed by atoms with Crippen LogP contribution in [0.2, 0.25) is 0 Å². The predicted molar refractivity (Wildman–Crippen MR) is 66.4 cm³/mol. The lowest BCUT2D eigenvalue weighted by atomic mass is 10.1. The van der Waals surface area contributed by atoms with Crippen molar-refractivity contribution in [2.45, 2.75) is 25.7 Å². The number of nitrogens with zero attached hydrogens (tertiary/aromatic N) is 1. The minimum Gasteiger partial charge on any atom is -0.492 e. The van der Waals surface area contributed by atoms with Gasteiger partial charge < -0.3 is 15.7 Å². The zero-order chi connectivity index (χ0) is 13.0. The molecule has 18 heavy (non-hydrogen) atoms. The number of halogens is 1. The highest BCUT2D eigenvalue weighted by molar-refractivity contribution is 5.99. The summed E-state index contributed by atoms with van der Waals surface area (Å²) >= 11 is 0. The smallest absolute Gasteiger partial charge is 0.176 e. The standard InChI is InChI=1S/C13H17FN2O2/c14-10-6-3-7-11(12(10)13(15)16-17)18-8-9-4-1-2-5-9/h3,6-7,9,17H,1-2,4-5,8H2,(H2,15,16). The van der Waals surface area contributed by atoms with E-state index in [9.17, 15) is 4.39 Å². The Morgan fingerprint density at radius 2 is 2.17 bits per heavy atom. The molecule has 0 saturated heterocycles. The molecule has 0 radical (unpaired) electrons. The first kappa shape index (κ1) is 12.7. The molecule has 3 N–H and O–H groups in total. The van der Waals surface area contributed by atoms with E-state index in [0.29, 0.717) is 18.3 Å². The van der Waals surface area contributed by atoms with Crippen molar-refractivity contribution in [1.29, 1.82) is 0 Å². The fraction of sp³-hybridized carbons (Fsp3) is 0.462. The Hall–Kier alpha value is -1.78. The summed E-state index contributed by atoms with van der Waals surface area (Å²) in [4.78, 5) is 0. The number of benzene rings is 1. The summed E-state index contributed by atoms with van der Waals surface area (Å²) in [6.07, 6.45) is 4.75. The first-order valence-corrected chi connectivity index (χ1v) is 6.11. The van der Waals surface area contributed by atoms with Crippen molar-refractivity contribution in [1.82, 2.24) is 0 Å². The van der Waals surface area contributed by atoms with Crippen molar-refractivity contribution in [2.75, 3.05) is 6.61 Å². The lowest BCUT2D eigenvalue weighted by Crippen LogP contribution is -2.18. The van der Waals surface area contributed by atoms with Crippen molar-refractivity contribution >= 4 is 5.84 Å². The van der Waals surface area contributed by atoms with E-state index >= 15 is 0 Å². The molecule has 4 nitrogen and oxygen atoms in total. The van der Waals surface area contributed by atoms with Crippen LogP contribution in [0.4, 0.5) is 4.39 Å². The van der Waals surface area contributed by atoms with Crippen LogP contribution in [-0.4, -0.2) is 17.6 Å². The van der Waals surface area contributed by atoms with Crippen molar-refractivity contribution in [3.63, 3.8) is 0 Å². The van der Waals surface area contributed by atoms with E-state index in [1.807, 2.05) is 0 Å². The summed E-state index contributed by atoms with van der Waals surface area (Å²) in [5, 5.41) is 11.5. The van der Waals surface area contributed by atoms with Crippen LogP contribution in [0.15, 0.2) is 23.4 Å². The van der Waals surface area contributed by atoms with Gasteiger partial charge in [0.1, 0.15) is 11.6 Å². The van der Waals surface area contributed by atoms with Gasteiger partial charge >= 0.3 is 0 Å². The average Bonchev–Trinajstić information content (AvgIpc) is 2.88. The maximum atomic E-state index is 13.6. The lowest BCUT2D eigenvalue weighted by molar-refractivity contribution is 0.250. The molecule has 1 aliphatic rings. The van der Waals surface area contributed by atoms with Gasteiger partial charge in [0.2, 0.25) is 0 Å². The van der Waals surface area contributed by atoms with Crippen LogP contribution in [0.25, 0.3) is 0 Å². The molecule has 1 aromatic carbocycles. The quantitative estimate of drug-likeness (QED) is 0.374. The third-order valence-electron chi connectivity index (χ3n) is 3.29. The van der Waals surface area contributed by atoms with Crippen LogP contribution < -0.4 is 10.5 Å². The van der Waals surface area contributed by atoms with Gasteiger partial charge in [-0.05, 0) is 30.9 Å². The second kappa shape index (κ2) is 5.71. The minimum atomic E-state index is -0.547. The normalized spacial score (nSPS) is 17.1. The van der Waals surface area contributed by atoms with Crippen LogP contribution >= 0.6 is 0 Å². The van der Waals surface area contributed by atoms with E-state index in [4.69, 9.17) is 15.7 Å². The summed E-state index contributed by atoms with van der Waals surface area (Å²) in [5.74, 6) is 0.0364. The van der Waals surface area contributed by atoms with Crippen molar-refractivity contribution in [3.05, 3.63) is 29.6 Å². The fourth-order valence-corrected chi connectivity index (χ4v) is 2.31. The van der Waals surface area contributed by atoms with Gasteiger partial charge in [0.05, 0.1) is 12.2 Å². The Labute approximate surface area is 105 Å². The van der Waals surface area contributed by atoms with E-state index < -0.39 is 5.82 Å². The fourth-order valence-electron chi connectivity index (χ4n) is 2.31. The number of oxime groups is 1. The summed E-state index contributed by atoms with van der Waals surface area (Å²) in [7, 11) is 0. The SMILES string of the molecule is NC(=NO)c1c(F)cccc1OCC1CCCC1. The molecule has 1 fully saturated rings. The Balaban J connectivity index is 2.13. The van der Waals surface area contributed by atoms with Crippen LogP contribution in [-0.2, 0) is 0 Å². The molecule has 0 aromatic heterocycles. The monoisotopic (exact) mass is 252 g/mol. The first-order valence-electron chi connectivity index (χ1n) is 6.11. The van der Waals surface area contributed by atoms with Crippen LogP contribution in [0.1, 0.15) is 31.2 Å². The predicted octanol–water partition coefficient (Wildman–Crippen LogP) is 2.49. The number of hydrogen-bond donors (Lipinski definition) is 2. The summed E-state index contributed by atoms with van der Waals surface area (Å²) < 4.78 is 19.2. The van der Waals surface area contributed by atoms with E-state index in [0.717, 1.165) is 12.8 Å². The highest BCUT2D eigenvalue weighted by Gasteiger charge is 2.18. The van der Waals surface area contributed by atoms with Gasteiger partial charge in [-0.3, -0.25) is 0 Å². The molecule has 1 aliphatic carbocycles. The molecule has 0 heterocycles. The molecule has 0 spiro atoms. The Morgan fingerprint density at radius 1 is 1.44 bits per heavy atom. The van der Waals surface area contributed by atoms with Crippen LogP contribution in [0, 0.1) is 11.7 Å². The largest absolute Gasteiger partial charge is 0.492 e. The van der Waals surface area contributed by atoms with E-state index in [2.05, 4.69) is 5.16 Å². The highest BCUT2D eigenvalue weighted by atomic mass is 19.1. The maximum absolute atomic E-state index is 13.6. The number of rotatable bonds is 4. The van der Waals surface area contributed by atoms with Gasteiger partial charge in [-0.1, -0.05) is 24.1 Å². The Kier molecular flexibility index (Phi) is 4.02. The maximum Gasteiger partial charge on any atom is 0.176 e. The molecule has 0 amide bonds. The van der Waals surface area contributed by atoms with Crippen LogP contribution in [0.5, 0.6) is 5.75 Å². The average molecular weight is 252 g/mol. The lowest BCUT2D eigenvalue weighted by Gasteiger charge is -2.14. The number of amidine groups is 1. The molecule has 0 bridgehead atoms. The molecular formula is C13H17FN2O2. The summed E-state index contributed by atoms with van der Waals surface area (Å²) in [6.45, 7) is 0.551. The van der Waals surface area contributed by atoms with Crippen molar-refractivity contribution < 1.29 is 14.3 Å². The molecule has 0 unspecified atom stereocenters. The summed E-state index contributed by atoms with van der Waals surface area (Å²) in [6, 6.07) is 4.44. The topological polar surface area (TPSA) is 67.8 Å². The Bertz CT molecular complexity index is 443. The van der Waals surface area contributed by atoms with Gasteiger partial charge in [-0.25, -0.2) is 4.39 Å². The third-order valence-corrected chi connectivity index (χ3v) is 3.29. The van der Waals surface area contributed by atoms with Crippen molar-refractivity contribution in [2.24, 2.45) is 16.8 Å². The summed E-state index contributed by atoms with van der Waals surface area (Å²) in [5.41, 5.74) is 5.49. The molecule has 2 rings (SSSR count). The second-order valence-corrected chi connectivity index (χ2v) is 4.56. The van der Waals surface area contributed by atoms with Crippen LogP contribution in [0.3, 0.4) is 0 Å². The molecule has 5 heteroatoms. The van der Waals surface area contributed by atoms with Gasteiger partial charge in [-0.2, -0.15) is 0 Å². The number of nitrogens with two attached hydrogens (primary N) is 1. The zero-order valence-electron chi connectivity index (χ0n) is 10.1. The van der Waals surface area contributed by atoms with E-state index in [-0.39, 0.29) is 11.4 Å². The highest BCUT2D eigenvalue weighted by Crippen LogP contribution is 2.27. The second-order valence-electron chi connectivity index (χ2n) is 4.56. The molecular weight excluding hydrogens is 235 g/mol. The number of hydrogen-bond acceptors (Lipinski definition) is 3. The molecule has 0 aliphatic heterocycles. The van der Waals surface area contributed by atoms with Gasteiger partial charge in [-0.15, -0.1) is 0 Å². The minimum absolute atomic E-state index is 0.0259. The van der Waals surface area contributed by atoms with E-state index in [1.165, 1.54) is 18.9 Å². The van der Waals surface area contributed by atoms with E-state index in [1.54, 1.807) is 12.1 Å².